The Labute approximate surface area is 82.0 Å². The van der Waals surface area contributed by atoms with E-state index in [4.69, 9.17) is 10.8 Å². The Morgan fingerprint density at radius 1 is 1.50 bits per heavy atom. The lowest BCUT2D eigenvalue weighted by Gasteiger charge is -2.11. The summed E-state index contributed by atoms with van der Waals surface area (Å²) in [5.74, 6) is -1.46. The van der Waals surface area contributed by atoms with Gasteiger partial charge in [0.1, 0.15) is 0 Å². The lowest BCUT2D eigenvalue weighted by atomic mass is 10.1. The zero-order valence-electron chi connectivity index (χ0n) is 7.77. The van der Waals surface area contributed by atoms with E-state index in [2.05, 4.69) is 5.32 Å². The van der Waals surface area contributed by atoms with Crippen LogP contribution in [0.4, 0.5) is 0 Å². The molecule has 0 aromatic rings. The Bertz CT molecular complexity index is 263. The molecule has 1 aliphatic carbocycles. The zero-order valence-corrected chi connectivity index (χ0v) is 7.77. The predicted octanol–water partition coefficient (Wildman–Crippen LogP) is -0.519. The van der Waals surface area contributed by atoms with Gasteiger partial charge in [-0.1, -0.05) is 12.2 Å². The first-order chi connectivity index (χ1) is 6.63. The minimum absolute atomic E-state index is 0.131. The van der Waals surface area contributed by atoms with Crippen LogP contribution in [0, 0.1) is 5.92 Å². The molecule has 2 atom stereocenters. The third-order valence-corrected chi connectivity index (χ3v) is 2.12. The summed E-state index contributed by atoms with van der Waals surface area (Å²) in [6, 6.07) is -0.157. The molecule has 1 aliphatic rings. The van der Waals surface area contributed by atoms with Gasteiger partial charge in [-0.05, 0) is 6.42 Å². The van der Waals surface area contributed by atoms with Crippen molar-refractivity contribution in [1.29, 1.82) is 0 Å². The third-order valence-electron chi connectivity index (χ3n) is 2.12. The molecule has 0 aliphatic heterocycles. The van der Waals surface area contributed by atoms with E-state index in [0.717, 1.165) is 0 Å². The van der Waals surface area contributed by atoms with Crippen LogP contribution in [0.1, 0.15) is 12.8 Å². The van der Waals surface area contributed by atoms with Crippen LogP contribution in [0.5, 0.6) is 0 Å². The maximum Gasteiger partial charge on any atom is 0.310 e. The summed E-state index contributed by atoms with van der Waals surface area (Å²) in [7, 11) is 0. The molecule has 0 fully saturated rings. The van der Waals surface area contributed by atoms with Crippen molar-refractivity contribution in [3.8, 4) is 0 Å². The standard InChI is InChI=1S/C9H14N2O3/c10-4-3-8(12)11-7-2-1-6(5-7)9(13)14/h1-2,6-7H,3-5,10H2,(H,11,12)(H,13,14). The number of carbonyl (C=O) groups is 2. The molecule has 14 heavy (non-hydrogen) atoms. The number of hydrogen-bond donors (Lipinski definition) is 3. The Hall–Kier alpha value is -1.36. The molecule has 1 amide bonds. The van der Waals surface area contributed by atoms with Crippen LogP contribution in [-0.2, 0) is 9.59 Å². The summed E-state index contributed by atoms with van der Waals surface area (Å²) >= 11 is 0. The maximum absolute atomic E-state index is 11.1. The second-order valence-corrected chi connectivity index (χ2v) is 3.28. The number of carbonyl (C=O) groups excluding carboxylic acids is 1. The largest absolute Gasteiger partial charge is 0.481 e. The van der Waals surface area contributed by atoms with Gasteiger partial charge in [0.15, 0.2) is 0 Å². The molecule has 4 N–H and O–H groups in total. The molecular weight excluding hydrogens is 184 g/mol. The van der Waals surface area contributed by atoms with Gasteiger partial charge in [-0.15, -0.1) is 0 Å². The molecule has 2 unspecified atom stereocenters. The maximum atomic E-state index is 11.1. The summed E-state index contributed by atoms with van der Waals surface area (Å²) in [6.45, 7) is 0.310. The van der Waals surface area contributed by atoms with Gasteiger partial charge >= 0.3 is 5.97 Å². The fourth-order valence-corrected chi connectivity index (χ4v) is 1.40. The van der Waals surface area contributed by atoms with Crippen molar-refractivity contribution in [2.24, 2.45) is 11.7 Å². The van der Waals surface area contributed by atoms with Crippen LogP contribution in [0.3, 0.4) is 0 Å². The molecule has 1 rings (SSSR count). The quantitative estimate of drug-likeness (QED) is 0.530. The number of nitrogens with one attached hydrogen (secondary N) is 1. The van der Waals surface area contributed by atoms with Crippen LogP contribution in [-0.4, -0.2) is 29.6 Å². The first-order valence-electron chi connectivity index (χ1n) is 4.54. The molecule has 0 aromatic heterocycles. The van der Waals surface area contributed by atoms with Crippen LogP contribution in [0.2, 0.25) is 0 Å². The van der Waals surface area contributed by atoms with Gasteiger partial charge in [-0.2, -0.15) is 0 Å². The highest BCUT2D eigenvalue weighted by Crippen LogP contribution is 2.17. The van der Waals surface area contributed by atoms with Crippen molar-refractivity contribution in [1.82, 2.24) is 5.32 Å². The molecule has 0 heterocycles. The van der Waals surface area contributed by atoms with Crippen molar-refractivity contribution in [3.63, 3.8) is 0 Å². The number of rotatable bonds is 4. The van der Waals surface area contributed by atoms with E-state index < -0.39 is 11.9 Å². The number of carboxylic acids is 1. The fourth-order valence-electron chi connectivity index (χ4n) is 1.40. The van der Waals surface area contributed by atoms with E-state index >= 15 is 0 Å². The van der Waals surface area contributed by atoms with E-state index in [9.17, 15) is 9.59 Å². The minimum atomic E-state index is -0.850. The van der Waals surface area contributed by atoms with Crippen LogP contribution in [0.15, 0.2) is 12.2 Å². The highest BCUT2D eigenvalue weighted by Gasteiger charge is 2.24. The van der Waals surface area contributed by atoms with E-state index in [1.165, 1.54) is 0 Å². The topological polar surface area (TPSA) is 92.4 Å². The van der Waals surface area contributed by atoms with Crippen LogP contribution < -0.4 is 11.1 Å². The second kappa shape index (κ2) is 4.76. The summed E-state index contributed by atoms with van der Waals surface area (Å²) in [6.07, 6.45) is 4.04. The van der Waals surface area contributed by atoms with Gasteiger partial charge in [-0.25, -0.2) is 0 Å². The third kappa shape index (κ3) is 2.85. The van der Waals surface area contributed by atoms with Crippen LogP contribution in [0.25, 0.3) is 0 Å². The first-order valence-corrected chi connectivity index (χ1v) is 4.54. The van der Waals surface area contributed by atoms with Crippen molar-refractivity contribution in [2.45, 2.75) is 18.9 Å². The second-order valence-electron chi connectivity index (χ2n) is 3.28. The van der Waals surface area contributed by atoms with Gasteiger partial charge in [-0.3, -0.25) is 9.59 Å². The van der Waals surface area contributed by atoms with Gasteiger partial charge in [0.25, 0.3) is 0 Å². The SMILES string of the molecule is NCCC(=O)NC1C=CC(C(=O)O)C1. The lowest BCUT2D eigenvalue weighted by molar-refractivity contribution is -0.140. The highest BCUT2D eigenvalue weighted by atomic mass is 16.4. The Morgan fingerprint density at radius 2 is 2.21 bits per heavy atom. The van der Waals surface area contributed by atoms with Crippen molar-refractivity contribution < 1.29 is 14.7 Å². The summed E-state index contributed by atoms with van der Waals surface area (Å²) in [4.78, 5) is 21.7. The number of carboxylic acid groups (broad SMARTS) is 1. The fraction of sp³-hybridized carbons (Fsp3) is 0.556. The average molecular weight is 198 g/mol. The Balaban J connectivity index is 2.33. The van der Waals surface area contributed by atoms with Gasteiger partial charge < -0.3 is 16.2 Å². The number of aliphatic carboxylic acids is 1. The molecule has 0 radical (unpaired) electrons. The van der Waals surface area contributed by atoms with E-state index in [-0.39, 0.29) is 18.4 Å². The van der Waals surface area contributed by atoms with E-state index in [0.29, 0.717) is 13.0 Å². The monoisotopic (exact) mass is 198 g/mol. The van der Waals surface area contributed by atoms with Crippen molar-refractivity contribution in [3.05, 3.63) is 12.2 Å². The van der Waals surface area contributed by atoms with Crippen molar-refractivity contribution in [2.75, 3.05) is 6.54 Å². The average Bonchev–Trinajstić information content (AvgIpc) is 2.53. The van der Waals surface area contributed by atoms with E-state index in [1.807, 2.05) is 0 Å². The predicted molar refractivity (Wildman–Crippen MR) is 50.5 cm³/mol. The number of nitrogens with two attached hydrogens (primary N) is 1. The smallest absolute Gasteiger partial charge is 0.310 e. The number of amides is 1. The molecular formula is C9H14N2O3. The highest BCUT2D eigenvalue weighted by molar-refractivity contribution is 5.77. The van der Waals surface area contributed by atoms with Gasteiger partial charge in [0.2, 0.25) is 5.91 Å². The first kappa shape index (κ1) is 10.7. The van der Waals surface area contributed by atoms with Crippen molar-refractivity contribution >= 4 is 11.9 Å². The molecule has 5 heteroatoms. The van der Waals surface area contributed by atoms with Gasteiger partial charge in [0, 0.05) is 19.0 Å². The van der Waals surface area contributed by atoms with Crippen LogP contribution >= 0.6 is 0 Å². The minimum Gasteiger partial charge on any atom is -0.481 e. The Morgan fingerprint density at radius 3 is 2.71 bits per heavy atom. The molecule has 0 saturated carbocycles. The molecule has 5 nitrogen and oxygen atoms in total. The summed E-state index contributed by atoms with van der Waals surface area (Å²) in [5, 5.41) is 11.4. The molecule has 78 valence electrons. The molecule has 0 spiro atoms. The van der Waals surface area contributed by atoms with Gasteiger partial charge in [0.05, 0.1) is 5.92 Å². The normalized spacial score (nSPS) is 24.9. The van der Waals surface area contributed by atoms with E-state index in [1.54, 1.807) is 12.2 Å². The zero-order chi connectivity index (χ0) is 10.6. The lowest BCUT2D eigenvalue weighted by Crippen LogP contribution is -2.34. The Kier molecular flexibility index (Phi) is 3.64. The number of hydrogen-bond acceptors (Lipinski definition) is 3. The molecule has 0 aromatic carbocycles. The summed E-state index contributed by atoms with van der Waals surface area (Å²) in [5.41, 5.74) is 5.21. The summed E-state index contributed by atoms with van der Waals surface area (Å²) < 4.78 is 0. The molecule has 0 bridgehead atoms. The molecule has 0 saturated heterocycles.